The van der Waals surface area contributed by atoms with Gasteiger partial charge in [-0.05, 0) is 19.4 Å². The number of aromatic nitrogens is 2. The molecule has 2 aliphatic rings. The van der Waals surface area contributed by atoms with Crippen LogP contribution in [0.5, 0.6) is 5.75 Å². The van der Waals surface area contributed by atoms with Crippen molar-refractivity contribution >= 4 is 5.91 Å². The van der Waals surface area contributed by atoms with Crippen molar-refractivity contribution in [3.05, 3.63) is 47.8 Å². The van der Waals surface area contributed by atoms with Gasteiger partial charge in [0.05, 0.1) is 12.2 Å². The number of nitrogens with one attached hydrogen (secondary N) is 1. The van der Waals surface area contributed by atoms with Crippen LogP contribution in [0.1, 0.15) is 36.5 Å². The molecule has 1 aromatic heterocycles. The van der Waals surface area contributed by atoms with Gasteiger partial charge in [0.25, 0.3) is 0 Å². The van der Waals surface area contributed by atoms with Crippen molar-refractivity contribution in [2.45, 2.75) is 38.0 Å². The normalized spacial score (nSPS) is 25.3. The van der Waals surface area contributed by atoms with Crippen LogP contribution in [0.3, 0.4) is 0 Å². The van der Waals surface area contributed by atoms with Crippen molar-refractivity contribution < 1.29 is 14.3 Å². The molecule has 0 bridgehead atoms. The molecule has 4 rings (SSSR count). The van der Waals surface area contributed by atoms with E-state index in [-0.39, 0.29) is 24.0 Å². The molecular weight excluding hydrogens is 306 g/mol. The van der Waals surface area contributed by atoms with E-state index in [1.165, 1.54) is 0 Å². The Balaban J connectivity index is 1.47. The number of amides is 1. The number of benzene rings is 1. The first kappa shape index (κ1) is 15.2. The van der Waals surface area contributed by atoms with Gasteiger partial charge in [-0.1, -0.05) is 18.2 Å². The molecule has 3 heterocycles. The van der Waals surface area contributed by atoms with Crippen LogP contribution in [0.2, 0.25) is 0 Å². The quantitative estimate of drug-likeness (QED) is 0.933. The van der Waals surface area contributed by atoms with Gasteiger partial charge in [0, 0.05) is 30.5 Å². The second-order valence-electron chi connectivity index (χ2n) is 6.23. The summed E-state index contributed by atoms with van der Waals surface area (Å²) >= 11 is 0. The maximum atomic E-state index is 12.7. The summed E-state index contributed by atoms with van der Waals surface area (Å²) in [5.74, 6) is 0.560. The van der Waals surface area contributed by atoms with Crippen molar-refractivity contribution in [2.24, 2.45) is 0 Å². The zero-order valence-corrected chi connectivity index (χ0v) is 13.6. The lowest BCUT2D eigenvalue weighted by Crippen LogP contribution is -2.40. The molecule has 0 spiro atoms. The molecule has 2 aromatic rings. The lowest BCUT2D eigenvalue weighted by molar-refractivity contribution is -0.123. The average Bonchev–Trinajstić information content (AvgIpc) is 3.33. The fourth-order valence-electron chi connectivity index (χ4n) is 3.43. The number of para-hydroxylation sites is 1. The van der Waals surface area contributed by atoms with Gasteiger partial charge in [0.1, 0.15) is 24.4 Å². The van der Waals surface area contributed by atoms with E-state index in [0.717, 1.165) is 29.8 Å². The fourth-order valence-corrected chi connectivity index (χ4v) is 3.43. The van der Waals surface area contributed by atoms with Crippen LogP contribution in [0, 0.1) is 0 Å². The molecule has 6 heteroatoms. The van der Waals surface area contributed by atoms with Crippen molar-refractivity contribution in [2.75, 3.05) is 13.2 Å². The number of hydrogen-bond acceptors (Lipinski definition) is 4. The van der Waals surface area contributed by atoms with Gasteiger partial charge >= 0.3 is 0 Å². The molecule has 24 heavy (non-hydrogen) atoms. The Morgan fingerprint density at radius 1 is 1.42 bits per heavy atom. The second kappa shape index (κ2) is 6.28. The molecule has 2 aliphatic heterocycles. The smallest absolute Gasteiger partial charge is 0.231 e. The number of aryl methyl sites for hydroxylation is 1. The van der Waals surface area contributed by atoms with E-state index in [1.807, 2.05) is 48.3 Å². The first-order chi connectivity index (χ1) is 11.8. The Bertz CT molecular complexity index is 743. The summed E-state index contributed by atoms with van der Waals surface area (Å²) < 4.78 is 13.3. The van der Waals surface area contributed by atoms with Gasteiger partial charge in [0.15, 0.2) is 0 Å². The number of ether oxygens (including phenoxy) is 2. The first-order valence-electron chi connectivity index (χ1n) is 8.42. The summed E-state index contributed by atoms with van der Waals surface area (Å²) in [6, 6.07) is 7.70. The highest BCUT2D eigenvalue weighted by Gasteiger charge is 2.36. The Hall–Kier alpha value is -2.34. The minimum absolute atomic E-state index is 0.00309. The number of carbonyl (C=O) groups excluding carboxylic acids is 1. The number of fused-ring (bicyclic) bond motifs is 1. The predicted molar refractivity (Wildman–Crippen MR) is 87.8 cm³/mol. The molecule has 3 atom stereocenters. The molecule has 0 saturated carbocycles. The van der Waals surface area contributed by atoms with E-state index in [4.69, 9.17) is 9.47 Å². The summed E-state index contributed by atoms with van der Waals surface area (Å²) in [5, 5.41) is 7.46. The highest BCUT2D eigenvalue weighted by Crippen LogP contribution is 2.35. The van der Waals surface area contributed by atoms with Gasteiger partial charge < -0.3 is 14.8 Å². The zero-order chi connectivity index (χ0) is 16.5. The standard InChI is InChI=1S/C18H21N3O3/c1-2-21-10-12(9-19-21)17-15(7-8-23-17)20-18(22)14-11-24-16-6-4-3-5-13(14)16/h3-6,9-10,14-15,17H,2,7-8,11H2,1H3,(H,20,22)/t14?,15-,17+/m0/s1. The largest absolute Gasteiger partial charge is 0.492 e. The third kappa shape index (κ3) is 2.67. The summed E-state index contributed by atoms with van der Waals surface area (Å²) in [6.07, 6.45) is 4.49. The van der Waals surface area contributed by atoms with Crippen LogP contribution in [0.15, 0.2) is 36.7 Å². The SMILES string of the molecule is CCn1cc([C@H]2OCC[C@@H]2NC(=O)C2COc3ccccc32)cn1. The third-order valence-corrected chi connectivity index (χ3v) is 4.74. The van der Waals surface area contributed by atoms with E-state index in [9.17, 15) is 4.79 Å². The van der Waals surface area contributed by atoms with Gasteiger partial charge in [-0.3, -0.25) is 9.48 Å². The lowest BCUT2D eigenvalue weighted by Gasteiger charge is -2.20. The molecule has 1 N–H and O–H groups in total. The molecule has 1 aromatic carbocycles. The summed E-state index contributed by atoms with van der Waals surface area (Å²) in [4.78, 5) is 12.7. The van der Waals surface area contributed by atoms with Crippen LogP contribution in [0.4, 0.5) is 0 Å². The van der Waals surface area contributed by atoms with E-state index < -0.39 is 0 Å². The first-order valence-corrected chi connectivity index (χ1v) is 8.42. The molecule has 126 valence electrons. The summed E-state index contributed by atoms with van der Waals surface area (Å²) in [6.45, 7) is 3.91. The molecule has 6 nitrogen and oxygen atoms in total. The summed E-state index contributed by atoms with van der Waals surface area (Å²) in [5.41, 5.74) is 1.98. The lowest BCUT2D eigenvalue weighted by atomic mass is 9.98. The molecule has 1 amide bonds. The van der Waals surface area contributed by atoms with Crippen LogP contribution >= 0.6 is 0 Å². The van der Waals surface area contributed by atoms with Gasteiger partial charge in [-0.15, -0.1) is 0 Å². The van der Waals surface area contributed by atoms with Crippen molar-refractivity contribution in [3.8, 4) is 5.75 Å². The molecule has 0 radical (unpaired) electrons. The molecule has 0 aliphatic carbocycles. The van der Waals surface area contributed by atoms with Gasteiger partial charge in [-0.25, -0.2) is 0 Å². The minimum atomic E-state index is -0.249. The molecule has 1 saturated heterocycles. The highest BCUT2D eigenvalue weighted by atomic mass is 16.5. The van der Waals surface area contributed by atoms with Crippen LogP contribution < -0.4 is 10.1 Å². The van der Waals surface area contributed by atoms with Crippen molar-refractivity contribution in [1.29, 1.82) is 0 Å². The molecular formula is C18H21N3O3. The Labute approximate surface area is 140 Å². The highest BCUT2D eigenvalue weighted by molar-refractivity contribution is 5.85. The van der Waals surface area contributed by atoms with Gasteiger partial charge in [-0.2, -0.15) is 5.10 Å². The van der Waals surface area contributed by atoms with Crippen LogP contribution in [-0.4, -0.2) is 34.9 Å². The number of rotatable bonds is 4. The average molecular weight is 327 g/mol. The topological polar surface area (TPSA) is 65.4 Å². The third-order valence-electron chi connectivity index (χ3n) is 4.74. The number of carbonyl (C=O) groups is 1. The monoisotopic (exact) mass is 327 g/mol. The summed E-state index contributed by atoms with van der Waals surface area (Å²) in [7, 11) is 0. The Morgan fingerprint density at radius 2 is 2.29 bits per heavy atom. The van der Waals surface area contributed by atoms with E-state index in [2.05, 4.69) is 10.4 Å². The molecule has 1 fully saturated rings. The fraction of sp³-hybridized carbons (Fsp3) is 0.444. The second-order valence-corrected chi connectivity index (χ2v) is 6.23. The van der Waals surface area contributed by atoms with E-state index in [0.29, 0.717) is 13.2 Å². The minimum Gasteiger partial charge on any atom is -0.492 e. The Morgan fingerprint density at radius 3 is 3.12 bits per heavy atom. The Kier molecular flexibility index (Phi) is 3.98. The zero-order valence-electron chi connectivity index (χ0n) is 13.6. The van der Waals surface area contributed by atoms with Crippen molar-refractivity contribution in [1.82, 2.24) is 15.1 Å². The number of nitrogens with zero attached hydrogens (tertiary/aromatic N) is 2. The molecule has 1 unspecified atom stereocenters. The maximum absolute atomic E-state index is 12.7. The number of hydrogen-bond donors (Lipinski definition) is 1. The van der Waals surface area contributed by atoms with Crippen LogP contribution in [-0.2, 0) is 16.1 Å². The predicted octanol–water partition coefficient (Wildman–Crippen LogP) is 2.03. The van der Waals surface area contributed by atoms with E-state index >= 15 is 0 Å². The van der Waals surface area contributed by atoms with Crippen LogP contribution in [0.25, 0.3) is 0 Å². The maximum Gasteiger partial charge on any atom is 0.231 e. The van der Waals surface area contributed by atoms with E-state index in [1.54, 1.807) is 0 Å². The van der Waals surface area contributed by atoms with Crippen molar-refractivity contribution in [3.63, 3.8) is 0 Å². The van der Waals surface area contributed by atoms with Gasteiger partial charge in [0.2, 0.25) is 5.91 Å².